The quantitative estimate of drug-likeness (QED) is 0.333. The third-order valence-electron chi connectivity index (χ3n) is 0.349. The summed E-state index contributed by atoms with van der Waals surface area (Å²) in [7, 11) is 0. The first-order chi connectivity index (χ1) is 3.27. The number of hydrogen-bond acceptors (Lipinski definition) is 3. The maximum absolute atomic E-state index is 9.76. The summed E-state index contributed by atoms with van der Waals surface area (Å²) in [5.74, 6) is 0.128. The minimum Gasteiger partial charge on any atom is -0.317 e. The molecule has 0 amide bonds. The van der Waals surface area contributed by atoms with Crippen LogP contribution in [0.2, 0.25) is 0 Å². The lowest BCUT2D eigenvalue weighted by Crippen LogP contribution is -1.99. The van der Waals surface area contributed by atoms with Crippen molar-refractivity contribution in [2.75, 3.05) is 12.4 Å². The van der Waals surface area contributed by atoms with Crippen molar-refractivity contribution in [3.8, 4) is 0 Å². The van der Waals surface area contributed by atoms with Gasteiger partial charge in [-0.2, -0.15) is 0 Å². The van der Waals surface area contributed by atoms with E-state index < -0.39 is 11.1 Å². The molecule has 1 atom stereocenters. The van der Waals surface area contributed by atoms with E-state index in [2.05, 4.69) is 17.1 Å². The molecule has 0 bridgehead atoms. The second-order valence-electron chi connectivity index (χ2n) is 0.859. The Labute approximate surface area is 50.0 Å². The fourth-order valence-electron chi connectivity index (χ4n) is 0.109. The highest BCUT2D eigenvalue weighted by atomic mass is 32.2. The van der Waals surface area contributed by atoms with Gasteiger partial charge in [0.2, 0.25) is 0 Å². The normalized spacial score (nSPS) is 14.0. The van der Waals surface area contributed by atoms with Crippen molar-refractivity contribution in [3.05, 3.63) is 0 Å². The largest absolute Gasteiger partial charge is 0.317 e. The van der Waals surface area contributed by atoms with E-state index in [0.29, 0.717) is 0 Å². The zero-order valence-electron chi connectivity index (χ0n) is 3.53. The Morgan fingerprint density at radius 2 is 2.43 bits per heavy atom. The molecule has 0 aromatic heterocycles. The van der Waals surface area contributed by atoms with Crippen LogP contribution in [-0.2, 0) is 15.3 Å². The average Bonchev–Trinajstić information content (AvgIpc) is 1.61. The topological polar surface area (TPSA) is 46.5 Å². The van der Waals surface area contributed by atoms with Crippen LogP contribution in [0.4, 0.5) is 0 Å². The van der Waals surface area contributed by atoms with E-state index in [1.807, 2.05) is 0 Å². The fourth-order valence-corrected chi connectivity index (χ4v) is 0.549. The monoisotopic (exact) mass is 142 g/mol. The Morgan fingerprint density at radius 3 is 2.57 bits per heavy atom. The summed E-state index contributed by atoms with van der Waals surface area (Å²) >= 11 is 1.61. The predicted octanol–water partition coefficient (Wildman–Crippen LogP) is 0.0695. The lowest BCUT2D eigenvalue weighted by molar-refractivity contribution is 0.407. The molecule has 5 heteroatoms. The molecule has 0 aliphatic rings. The van der Waals surface area contributed by atoms with E-state index in [-0.39, 0.29) is 12.4 Å². The molecule has 0 radical (unpaired) electrons. The van der Waals surface area contributed by atoms with E-state index in [1.54, 1.807) is 0 Å². The summed E-state index contributed by atoms with van der Waals surface area (Å²) in [5, 5.41) is 0. The molecule has 0 rings (SSSR count). The van der Waals surface area contributed by atoms with Crippen molar-refractivity contribution in [1.82, 2.24) is 0 Å². The highest BCUT2D eigenvalue weighted by Crippen LogP contribution is 1.79. The standard InChI is InChI=1S/C2H6O3S2/c3-7(4)2-1-5-6/h6H,1-2H2,(H,3,4). The van der Waals surface area contributed by atoms with Crippen LogP contribution in [-0.4, -0.2) is 21.1 Å². The van der Waals surface area contributed by atoms with Gasteiger partial charge in [0.1, 0.15) is 0 Å². The van der Waals surface area contributed by atoms with Crippen LogP contribution >= 0.6 is 12.9 Å². The molecule has 0 saturated heterocycles. The molecule has 0 aliphatic heterocycles. The molecular weight excluding hydrogens is 136 g/mol. The van der Waals surface area contributed by atoms with Crippen molar-refractivity contribution < 1.29 is 12.9 Å². The van der Waals surface area contributed by atoms with Crippen LogP contribution in [0.5, 0.6) is 0 Å². The van der Waals surface area contributed by atoms with Gasteiger partial charge >= 0.3 is 0 Å². The van der Waals surface area contributed by atoms with Crippen LogP contribution in [0, 0.1) is 0 Å². The van der Waals surface area contributed by atoms with Gasteiger partial charge < -0.3 is 8.74 Å². The molecular formula is C2H6O3S2. The molecule has 1 unspecified atom stereocenters. The SMILES string of the molecule is O=S(O)CCOS. The third-order valence-corrected chi connectivity index (χ3v) is 1.05. The Bertz CT molecular complexity index is 64.0. The molecule has 3 nitrogen and oxygen atoms in total. The first-order valence-corrected chi connectivity index (χ1v) is 3.25. The minimum atomic E-state index is -1.74. The number of hydrogen-bond donors (Lipinski definition) is 2. The average molecular weight is 142 g/mol. The first-order valence-electron chi connectivity index (χ1n) is 1.61. The van der Waals surface area contributed by atoms with Gasteiger partial charge in [-0.1, -0.05) is 0 Å². The summed E-state index contributed by atoms with van der Waals surface area (Å²) in [5.41, 5.74) is 0. The number of rotatable bonds is 3. The summed E-state index contributed by atoms with van der Waals surface area (Å²) in [4.78, 5) is 0. The lowest BCUT2D eigenvalue weighted by Gasteiger charge is -1.88. The van der Waals surface area contributed by atoms with Crippen LogP contribution < -0.4 is 0 Å². The zero-order valence-corrected chi connectivity index (χ0v) is 5.24. The second kappa shape index (κ2) is 4.58. The summed E-state index contributed by atoms with van der Waals surface area (Å²) in [6.45, 7) is 0.215. The van der Waals surface area contributed by atoms with E-state index >= 15 is 0 Å². The van der Waals surface area contributed by atoms with Gasteiger partial charge in [-0.15, -0.1) is 0 Å². The first kappa shape index (κ1) is 7.42. The molecule has 7 heavy (non-hydrogen) atoms. The molecule has 0 heterocycles. The maximum atomic E-state index is 9.76. The van der Waals surface area contributed by atoms with Gasteiger partial charge in [0.25, 0.3) is 0 Å². The second-order valence-corrected chi connectivity index (χ2v) is 2.17. The molecule has 1 N–H and O–H groups in total. The van der Waals surface area contributed by atoms with Crippen molar-refractivity contribution in [1.29, 1.82) is 0 Å². The van der Waals surface area contributed by atoms with E-state index in [1.165, 1.54) is 0 Å². The van der Waals surface area contributed by atoms with E-state index in [4.69, 9.17) is 4.55 Å². The van der Waals surface area contributed by atoms with Crippen molar-refractivity contribution in [2.24, 2.45) is 0 Å². The Kier molecular flexibility index (Phi) is 4.85. The van der Waals surface area contributed by atoms with Gasteiger partial charge in [-0.25, -0.2) is 4.21 Å². The molecule has 0 spiro atoms. The van der Waals surface area contributed by atoms with Gasteiger partial charge in [0, 0.05) is 0 Å². The van der Waals surface area contributed by atoms with Crippen LogP contribution in [0.25, 0.3) is 0 Å². The molecule has 0 aromatic carbocycles. The minimum absolute atomic E-state index is 0.128. The summed E-state index contributed by atoms with van der Waals surface area (Å²) < 4.78 is 22.0. The molecule has 0 saturated carbocycles. The third kappa shape index (κ3) is 6.42. The fraction of sp³-hybridized carbons (Fsp3) is 1.00. The Balaban J connectivity index is 2.82. The van der Waals surface area contributed by atoms with Crippen molar-refractivity contribution >= 4 is 24.0 Å². The van der Waals surface area contributed by atoms with Gasteiger partial charge in [0.05, 0.1) is 12.4 Å². The maximum Gasteiger partial charge on any atom is 0.155 e. The molecule has 0 aliphatic carbocycles. The van der Waals surface area contributed by atoms with Crippen molar-refractivity contribution in [2.45, 2.75) is 0 Å². The Morgan fingerprint density at radius 1 is 1.86 bits per heavy atom. The molecule has 44 valence electrons. The Hall–Kier alpha value is 0.420. The predicted molar refractivity (Wildman–Crippen MR) is 30.6 cm³/mol. The number of thiol groups is 1. The van der Waals surface area contributed by atoms with Gasteiger partial charge in [0.15, 0.2) is 11.1 Å². The van der Waals surface area contributed by atoms with E-state index in [9.17, 15) is 4.21 Å². The van der Waals surface area contributed by atoms with Crippen molar-refractivity contribution in [3.63, 3.8) is 0 Å². The summed E-state index contributed by atoms with van der Waals surface area (Å²) in [6, 6.07) is 0. The van der Waals surface area contributed by atoms with Crippen LogP contribution in [0.3, 0.4) is 0 Å². The van der Waals surface area contributed by atoms with Gasteiger partial charge in [-0.3, -0.25) is 0 Å². The van der Waals surface area contributed by atoms with Gasteiger partial charge in [-0.05, 0) is 12.9 Å². The van der Waals surface area contributed by atoms with Crippen LogP contribution in [0.15, 0.2) is 0 Å². The lowest BCUT2D eigenvalue weighted by atomic mass is 10.9. The van der Waals surface area contributed by atoms with Crippen LogP contribution in [0.1, 0.15) is 0 Å². The highest BCUT2D eigenvalue weighted by molar-refractivity contribution is 7.79. The highest BCUT2D eigenvalue weighted by Gasteiger charge is 1.88. The summed E-state index contributed by atoms with van der Waals surface area (Å²) in [6.07, 6.45) is 0. The zero-order chi connectivity index (χ0) is 5.70. The smallest absolute Gasteiger partial charge is 0.155 e. The van der Waals surface area contributed by atoms with E-state index in [0.717, 1.165) is 0 Å². The molecule has 0 fully saturated rings. The molecule has 0 aromatic rings.